The molecule has 0 bridgehead atoms. The molecule has 2 N–H and O–H groups in total. The van der Waals surface area contributed by atoms with E-state index in [9.17, 15) is 22.8 Å². The second kappa shape index (κ2) is 8.68. The highest BCUT2D eigenvalue weighted by atomic mass is 35.5. The van der Waals surface area contributed by atoms with Crippen molar-refractivity contribution in [1.82, 2.24) is 5.43 Å². The second-order valence-electron chi connectivity index (χ2n) is 5.57. The van der Waals surface area contributed by atoms with E-state index in [1.807, 2.05) is 0 Å². The average Bonchev–Trinajstić information content (AvgIpc) is 2.61. The van der Waals surface area contributed by atoms with Crippen molar-refractivity contribution in [3.8, 4) is 0 Å². The van der Waals surface area contributed by atoms with E-state index in [4.69, 9.17) is 11.6 Å². The third kappa shape index (κ3) is 6.41. The molecular formula is C18H15ClF3N3O2. The lowest BCUT2D eigenvalue weighted by Crippen LogP contribution is -2.30. The maximum absolute atomic E-state index is 12.3. The van der Waals surface area contributed by atoms with Crippen LogP contribution in [-0.2, 0) is 16.0 Å². The lowest BCUT2D eigenvalue weighted by Gasteiger charge is -2.09. The zero-order valence-corrected chi connectivity index (χ0v) is 14.9. The second-order valence-corrected chi connectivity index (χ2v) is 6.00. The number of anilines is 1. The summed E-state index contributed by atoms with van der Waals surface area (Å²) in [7, 11) is 0. The van der Waals surface area contributed by atoms with E-state index in [0.29, 0.717) is 16.3 Å². The van der Waals surface area contributed by atoms with Crippen molar-refractivity contribution < 1.29 is 22.8 Å². The van der Waals surface area contributed by atoms with E-state index >= 15 is 0 Å². The molecule has 0 fully saturated rings. The summed E-state index contributed by atoms with van der Waals surface area (Å²) in [6, 6.07) is 12.5. The van der Waals surface area contributed by atoms with Crippen LogP contribution in [-0.4, -0.2) is 23.7 Å². The molecule has 0 heterocycles. The molecule has 0 radical (unpaired) electrons. The molecule has 9 heteroatoms. The Labute approximate surface area is 158 Å². The van der Waals surface area contributed by atoms with Gasteiger partial charge in [0, 0.05) is 10.7 Å². The van der Waals surface area contributed by atoms with E-state index in [1.54, 1.807) is 42.6 Å². The molecule has 142 valence electrons. The first-order chi connectivity index (χ1) is 12.6. The van der Waals surface area contributed by atoms with Crippen molar-refractivity contribution >= 4 is 34.8 Å². The van der Waals surface area contributed by atoms with Crippen LogP contribution in [0.1, 0.15) is 18.1 Å². The van der Waals surface area contributed by atoms with Gasteiger partial charge >= 0.3 is 12.1 Å². The molecule has 0 atom stereocenters. The van der Waals surface area contributed by atoms with Crippen molar-refractivity contribution in [1.29, 1.82) is 0 Å². The molecule has 0 saturated carbocycles. The fourth-order valence-electron chi connectivity index (χ4n) is 2.06. The van der Waals surface area contributed by atoms with Crippen molar-refractivity contribution in [2.45, 2.75) is 19.5 Å². The summed E-state index contributed by atoms with van der Waals surface area (Å²) < 4.78 is 36.9. The number of nitrogens with zero attached hydrogens (tertiary/aromatic N) is 1. The Hall–Kier alpha value is -2.87. The Morgan fingerprint density at radius 1 is 1.11 bits per heavy atom. The summed E-state index contributed by atoms with van der Waals surface area (Å²) in [5.74, 6) is -2.43. The fraction of sp³-hybridized carbons (Fsp3) is 0.167. The Balaban J connectivity index is 2.00. The number of amides is 2. The number of alkyl halides is 3. The molecule has 0 aliphatic heterocycles. The quantitative estimate of drug-likeness (QED) is 0.593. The van der Waals surface area contributed by atoms with E-state index in [1.165, 1.54) is 18.2 Å². The Kier molecular flexibility index (Phi) is 6.57. The fourth-order valence-corrected chi connectivity index (χ4v) is 2.19. The molecular weight excluding hydrogens is 383 g/mol. The van der Waals surface area contributed by atoms with Crippen LogP contribution in [0.25, 0.3) is 0 Å². The van der Waals surface area contributed by atoms with Crippen LogP contribution in [0.4, 0.5) is 18.9 Å². The number of rotatable bonds is 5. The highest BCUT2D eigenvalue weighted by molar-refractivity contribution is 6.30. The van der Waals surface area contributed by atoms with Gasteiger partial charge < -0.3 is 5.32 Å². The molecule has 0 aliphatic rings. The largest absolute Gasteiger partial charge is 0.471 e. The molecule has 5 nitrogen and oxygen atoms in total. The molecule has 2 rings (SSSR count). The molecule has 0 aromatic heterocycles. The average molecular weight is 398 g/mol. The minimum atomic E-state index is -4.98. The number of hydrazone groups is 1. The Morgan fingerprint density at radius 3 is 2.41 bits per heavy atom. The number of benzene rings is 2. The number of carbonyl (C=O) groups excluding carboxylic acids is 2. The molecule has 0 aliphatic carbocycles. The van der Waals surface area contributed by atoms with Gasteiger partial charge in [-0.2, -0.15) is 18.3 Å². The van der Waals surface area contributed by atoms with Crippen LogP contribution in [0, 0.1) is 0 Å². The number of nitrogens with one attached hydrogen (secondary N) is 2. The summed E-state index contributed by atoms with van der Waals surface area (Å²) in [4.78, 5) is 22.9. The van der Waals surface area contributed by atoms with Gasteiger partial charge in [-0.25, -0.2) is 5.43 Å². The molecule has 2 amide bonds. The van der Waals surface area contributed by atoms with Crippen molar-refractivity contribution in [2.75, 3.05) is 5.32 Å². The monoisotopic (exact) mass is 397 g/mol. The van der Waals surface area contributed by atoms with Gasteiger partial charge in [0.2, 0.25) is 5.91 Å². The predicted octanol–water partition coefficient (Wildman–Crippen LogP) is 3.92. The van der Waals surface area contributed by atoms with E-state index in [2.05, 4.69) is 10.5 Å². The molecule has 0 spiro atoms. The molecule has 2 aromatic carbocycles. The van der Waals surface area contributed by atoms with Gasteiger partial charge in [-0.05, 0) is 42.3 Å². The maximum Gasteiger partial charge on any atom is 0.471 e. The van der Waals surface area contributed by atoms with Gasteiger partial charge in [-0.1, -0.05) is 35.9 Å². The summed E-state index contributed by atoms with van der Waals surface area (Å²) in [5, 5.41) is 6.26. The van der Waals surface area contributed by atoms with Gasteiger partial charge in [-0.3, -0.25) is 9.59 Å². The third-order valence-electron chi connectivity index (χ3n) is 3.42. The zero-order chi connectivity index (χ0) is 20.0. The molecule has 0 saturated heterocycles. The highest BCUT2D eigenvalue weighted by Gasteiger charge is 2.38. The van der Waals surface area contributed by atoms with Gasteiger partial charge in [0.15, 0.2) is 0 Å². The first kappa shape index (κ1) is 20.4. The normalized spacial score (nSPS) is 11.8. The van der Waals surface area contributed by atoms with Crippen LogP contribution in [0.5, 0.6) is 0 Å². The topological polar surface area (TPSA) is 70.6 Å². The summed E-state index contributed by atoms with van der Waals surface area (Å²) >= 11 is 5.78. The smallest absolute Gasteiger partial charge is 0.318 e. The SMILES string of the molecule is C/C(=N/NC(=O)Cc1ccc(Cl)cc1)c1cccc(NC(=O)C(F)(F)F)c1. The van der Waals surface area contributed by atoms with Crippen LogP contribution >= 0.6 is 11.6 Å². The first-order valence-electron chi connectivity index (χ1n) is 7.71. The van der Waals surface area contributed by atoms with Crippen LogP contribution < -0.4 is 10.7 Å². The third-order valence-corrected chi connectivity index (χ3v) is 3.67. The van der Waals surface area contributed by atoms with Gasteiger partial charge in [0.25, 0.3) is 0 Å². The Bertz CT molecular complexity index is 865. The Morgan fingerprint density at radius 2 is 1.78 bits per heavy atom. The lowest BCUT2D eigenvalue weighted by molar-refractivity contribution is -0.167. The maximum atomic E-state index is 12.3. The number of hydrogen-bond acceptors (Lipinski definition) is 3. The summed E-state index contributed by atoms with van der Waals surface area (Å²) in [6.07, 6.45) is -4.88. The minimum absolute atomic E-state index is 0.0307. The standard InChI is InChI=1S/C18H15ClF3N3O2/c1-11(24-25-16(26)9-12-5-7-14(19)8-6-12)13-3-2-4-15(10-13)23-17(27)18(20,21)22/h2-8,10H,9H2,1H3,(H,23,27)(H,25,26)/b24-11-. The highest BCUT2D eigenvalue weighted by Crippen LogP contribution is 2.19. The number of carbonyl (C=O) groups is 2. The van der Waals surface area contributed by atoms with E-state index in [0.717, 1.165) is 5.56 Å². The van der Waals surface area contributed by atoms with Crippen molar-refractivity contribution in [3.05, 3.63) is 64.7 Å². The van der Waals surface area contributed by atoms with Gasteiger partial charge in [-0.15, -0.1) is 0 Å². The number of halogens is 4. The molecule has 27 heavy (non-hydrogen) atoms. The van der Waals surface area contributed by atoms with Crippen molar-refractivity contribution in [2.24, 2.45) is 5.10 Å². The van der Waals surface area contributed by atoms with Crippen LogP contribution in [0.2, 0.25) is 5.02 Å². The van der Waals surface area contributed by atoms with E-state index in [-0.39, 0.29) is 18.0 Å². The van der Waals surface area contributed by atoms with Crippen LogP contribution in [0.3, 0.4) is 0 Å². The predicted molar refractivity (Wildman–Crippen MR) is 96.6 cm³/mol. The molecule has 0 unspecified atom stereocenters. The first-order valence-corrected chi connectivity index (χ1v) is 8.09. The lowest BCUT2D eigenvalue weighted by atomic mass is 10.1. The van der Waals surface area contributed by atoms with Gasteiger partial charge in [0.1, 0.15) is 0 Å². The van der Waals surface area contributed by atoms with E-state index < -0.39 is 12.1 Å². The summed E-state index contributed by atoms with van der Waals surface area (Å²) in [5.41, 5.74) is 3.91. The zero-order valence-electron chi connectivity index (χ0n) is 14.1. The molecule has 2 aromatic rings. The van der Waals surface area contributed by atoms with Gasteiger partial charge in [0.05, 0.1) is 12.1 Å². The minimum Gasteiger partial charge on any atom is -0.318 e. The summed E-state index contributed by atoms with van der Waals surface area (Å²) in [6.45, 7) is 1.58. The van der Waals surface area contributed by atoms with Crippen molar-refractivity contribution in [3.63, 3.8) is 0 Å². The van der Waals surface area contributed by atoms with Crippen LogP contribution in [0.15, 0.2) is 53.6 Å². The number of hydrogen-bond donors (Lipinski definition) is 2.